The van der Waals surface area contributed by atoms with Gasteiger partial charge in [-0.05, 0) is 49.8 Å². The SMILES string of the molecule is Cc1ccc(C)c(NC(=O)CSc2cc(N3CCC[C@@H](C)C3)ncn2)c1. The van der Waals surface area contributed by atoms with Crippen LogP contribution in [0, 0.1) is 19.8 Å². The Labute approximate surface area is 159 Å². The van der Waals surface area contributed by atoms with E-state index in [9.17, 15) is 4.79 Å². The van der Waals surface area contributed by atoms with Crippen LogP contribution in [0.3, 0.4) is 0 Å². The van der Waals surface area contributed by atoms with E-state index in [0.29, 0.717) is 11.7 Å². The average molecular weight is 371 g/mol. The van der Waals surface area contributed by atoms with Gasteiger partial charge in [-0.15, -0.1) is 0 Å². The number of carbonyl (C=O) groups is 1. The van der Waals surface area contributed by atoms with Gasteiger partial charge in [0.2, 0.25) is 5.91 Å². The maximum absolute atomic E-state index is 12.3. The zero-order valence-electron chi connectivity index (χ0n) is 15.7. The summed E-state index contributed by atoms with van der Waals surface area (Å²) in [6.45, 7) is 8.37. The van der Waals surface area contributed by atoms with Crippen LogP contribution in [-0.4, -0.2) is 34.7 Å². The fourth-order valence-electron chi connectivity index (χ4n) is 3.18. The Kier molecular flexibility index (Phi) is 6.14. The second kappa shape index (κ2) is 8.54. The summed E-state index contributed by atoms with van der Waals surface area (Å²) in [6, 6.07) is 8.06. The Balaban J connectivity index is 1.58. The Morgan fingerprint density at radius 1 is 1.31 bits per heavy atom. The van der Waals surface area contributed by atoms with Crippen LogP contribution in [0.4, 0.5) is 11.5 Å². The first-order chi connectivity index (χ1) is 12.5. The smallest absolute Gasteiger partial charge is 0.234 e. The molecule has 1 aliphatic heterocycles. The summed E-state index contributed by atoms with van der Waals surface area (Å²) in [5, 5.41) is 3.83. The Morgan fingerprint density at radius 2 is 2.15 bits per heavy atom. The van der Waals surface area contributed by atoms with Crippen LogP contribution in [0.25, 0.3) is 0 Å². The summed E-state index contributed by atoms with van der Waals surface area (Å²) in [7, 11) is 0. The number of hydrogen-bond acceptors (Lipinski definition) is 5. The summed E-state index contributed by atoms with van der Waals surface area (Å²) >= 11 is 1.45. The Bertz CT molecular complexity index is 780. The van der Waals surface area contributed by atoms with Crippen LogP contribution in [0.2, 0.25) is 0 Å². The van der Waals surface area contributed by atoms with Crippen molar-refractivity contribution in [1.29, 1.82) is 0 Å². The van der Waals surface area contributed by atoms with Gasteiger partial charge in [-0.1, -0.05) is 30.8 Å². The molecule has 1 saturated heterocycles. The average Bonchev–Trinajstić information content (AvgIpc) is 2.63. The van der Waals surface area contributed by atoms with Gasteiger partial charge in [-0.2, -0.15) is 0 Å². The van der Waals surface area contributed by atoms with Crippen LogP contribution < -0.4 is 10.2 Å². The molecule has 0 saturated carbocycles. The second-order valence-electron chi connectivity index (χ2n) is 7.06. The lowest BCUT2D eigenvalue weighted by atomic mass is 10.0. The highest BCUT2D eigenvalue weighted by Gasteiger charge is 2.18. The number of aromatic nitrogens is 2. The highest BCUT2D eigenvalue weighted by Crippen LogP contribution is 2.24. The Hall–Kier alpha value is -2.08. The third kappa shape index (κ3) is 4.97. The van der Waals surface area contributed by atoms with Crippen LogP contribution >= 0.6 is 11.8 Å². The van der Waals surface area contributed by atoms with E-state index in [4.69, 9.17) is 0 Å². The molecule has 1 atom stereocenters. The lowest BCUT2D eigenvalue weighted by Crippen LogP contribution is -2.34. The quantitative estimate of drug-likeness (QED) is 0.635. The van der Waals surface area contributed by atoms with Crippen LogP contribution in [-0.2, 0) is 4.79 Å². The van der Waals surface area contributed by atoms with Crippen LogP contribution in [0.1, 0.15) is 30.9 Å². The Morgan fingerprint density at radius 3 is 2.96 bits per heavy atom. The molecule has 26 heavy (non-hydrogen) atoms. The summed E-state index contributed by atoms with van der Waals surface area (Å²) in [5.74, 6) is 1.97. The maximum Gasteiger partial charge on any atom is 0.234 e. The fraction of sp³-hybridized carbons (Fsp3) is 0.450. The van der Waals surface area contributed by atoms with Crippen molar-refractivity contribution < 1.29 is 4.79 Å². The maximum atomic E-state index is 12.3. The topological polar surface area (TPSA) is 58.1 Å². The third-order valence-corrected chi connectivity index (χ3v) is 5.55. The number of hydrogen-bond donors (Lipinski definition) is 1. The largest absolute Gasteiger partial charge is 0.356 e. The molecule has 138 valence electrons. The number of nitrogens with one attached hydrogen (secondary N) is 1. The molecule has 0 bridgehead atoms. The zero-order valence-corrected chi connectivity index (χ0v) is 16.5. The van der Waals surface area contributed by atoms with Crippen molar-refractivity contribution in [3.63, 3.8) is 0 Å². The predicted molar refractivity (Wildman–Crippen MR) is 108 cm³/mol. The standard InChI is InChI=1S/C20H26N4OS/c1-14-6-7-16(3)17(9-14)23-19(25)12-26-20-10-18(21-13-22-20)24-8-4-5-15(2)11-24/h6-7,9-10,13,15H,4-5,8,11-12H2,1-3H3,(H,23,25)/t15-/m1/s1. The highest BCUT2D eigenvalue weighted by atomic mass is 32.2. The number of thioether (sulfide) groups is 1. The van der Waals surface area contributed by atoms with Crippen LogP contribution in [0.15, 0.2) is 35.6 Å². The number of carbonyl (C=O) groups excluding carboxylic acids is 1. The molecule has 1 aromatic heterocycles. The highest BCUT2D eigenvalue weighted by molar-refractivity contribution is 7.99. The van der Waals surface area contributed by atoms with Gasteiger partial charge in [0.25, 0.3) is 0 Å². The molecule has 2 heterocycles. The number of amides is 1. The minimum absolute atomic E-state index is 0.0181. The van der Waals surface area contributed by atoms with E-state index in [1.807, 2.05) is 38.1 Å². The monoisotopic (exact) mass is 370 g/mol. The molecule has 0 unspecified atom stereocenters. The molecule has 1 amide bonds. The molecular weight excluding hydrogens is 344 g/mol. The van der Waals surface area contributed by atoms with Crippen molar-refractivity contribution in [2.75, 3.05) is 29.1 Å². The van der Waals surface area contributed by atoms with Gasteiger partial charge in [0.15, 0.2) is 0 Å². The molecule has 6 heteroatoms. The molecule has 0 spiro atoms. The molecule has 0 radical (unpaired) electrons. The normalized spacial score (nSPS) is 17.2. The number of anilines is 2. The molecular formula is C20H26N4OS. The molecule has 1 fully saturated rings. The van der Waals surface area contributed by atoms with Gasteiger partial charge >= 0.3 is 0 Å². The first-order valence-corrected chi connectivity index (χ1v) is 10.1. The van der Waals surface area contributed by atoms with Crippen molar-refractivity contribution in [3.8, 4) is 0 Å². The minimum Gasteiger partial charge on any atom is -0.356 e. The van der Waals surface area contributed by atoms with Crippen molar-refractivity contribution in [1.82, 2.24) is 9.97 Å². The van der Waals surface area contributed by atoms with Gasteiger partial charge in [0, 0.05) is 24.8 Å². The summed E-state index contributed by atoms with van der Waals surface area (Å²) in [5.41, 5.74) is 3.08. The van der Waals surface area contributed by atoms with E-state index in [0.717, 1.165) is 40.7 Å². The minimum atomic E-state index is -0.0181. The van der Waals surface area contributed by atoms with Gasteiger partial charge in [-0.3, -0.25) is 4.79 Å². The molecule has 0 aliphatic carbocycles. The molecule has 2 aromatic rings. The van der Waals surface area contributed by atoms with E-state index in [-0.39, 0.29) is 5.91 Å². The van der Waals surface area contributed by atoms with E-state index < -0.39 is 0 Å². The third-order valence-electron chi connectivity index (χ3n) is 4.63. The molecule has 5 nitrogen and oxygen atoms in total. The summed E-state index contributed by atoms with van der Waals surface area (Å²) in [4.78, 5) is 23.3. The first-order valence-electron chi connectivity index (χ1n) is 9.08. The number of nitrogens with zero attached hydrogens (tertiary/aromatic N) is 3. The van der Waals surface area contributed by atoms with Gasteiger partial charge in [0.1, 0.15) is 17.2 Å². The zero-order chi connectivity index (χ0) is 18.5. The lowest BCUT2D eigenvalue weighted by molar-refractivity contribution is -0.113. The van der Waals surface area contributed by atoms with Crippen molar-refractivity contribution >= 4 is 29.2 Å². The number of benzene rings is 1. The molecule has 1 aliphatic rings. The van der Waals surface area contributed by atoms with E-state index in [1.165, 1.54) is 24.6 Å². The number of aryl methyl sites for hydroxylation is 2. The van der Waals surface area contributed by atoms with Gasteiger partial charge in [-0.25, -0.2) is 9.97 Å². The summed E-state index contributed by atoms with van der Waals surface area (Å²) in [6.07, 6.45) is 4.08. The fourth-order valence-corrected chi connectivity index (χ4v) is 3.84. The second-order valence-corrected chi connectivity index (χ2v) is 8.06. The molecule has 1 N–H and O–H groups in total. The van der Waals surface area contributed by atoms with Crippen molar-refractivity contribution in [2.45, 2.75) is 38.6 Å². The number of rotatable bonds is 5. The van der Waals surface area contributed by atoms with E-state index in [1.54, 1.807) is 6.33 Å². The van der Waals surface area contributed by atoms with Crippen LogP contribution in [0.5, 0.6) is 0 Å². The van der Waals surface area contributed by atoms with Gasteiger partial charge < -0.3 is 10.2 Å². The van der Waals surface area contributed by atoms with Gasteiger partial charge in [0.05, 0.1) is 5.75 Å². The molecule has 1 aromatic carbocycles. The first kappa shape index (κ1) is 18.7. The number of piperidine rings is 1. The van der Waals surface area contributed by atoms with Crippen molar-refractivity contribution in [2.24, 2.45) is 5.92 Å². The van der Waals surface area contributed by atoms with Crippen molar-refractivity contribution in [3.05, 3.63) is 41.7 Å². The predicted octanol–water partition coefficient (Wildman–Crippen LogP) is 4.06. The molecule has 3 rings (SSSR count). The summed E-state index contributed by atoms with van der Waals surface area (Å²) < 4.78 is 0. The van der Waals surface area contributed by atoms with E-state index in [2.05, 4.69) is 27.1 Å². The van der Waals surface area contributed by atoms with E-state index >= 15 is 0 Å². The lowest BCUT2D eigenvalue weighted by Gasteiger charge is -2.31.